The van der Waals surface area contributed by atoms with Gasteiger partial charge < -0.3 is 9.64 Å². The van der Waals surface area contributed by atoms with Crippen molar-refractivity contribution in [2.45, 2.75) is 38.9 Å². The van der Waals surface area contributed by atoms with Crippen LogP contribution in [0.1, 0.15) is 34.1 Å². The second-order valence-corrected chi connectivity index (χ2v) is 5.40. The van der Waals surface area contributed by atoms with E-state index in [9.17, 15) is 9.59 Å². The Morgan fingerprint density at radius 2 is 1.88 bits per heavy atom. The maximum Gasteiger partial charge on any atom is 0.325 e. The molecule has 1 amide bonds. The number of halogens is 1. The minimum atomic E-state index is -0.350. The summed E-state index contributed by atoms with van der Waals surface area (Å²) < 4.78 is 4.87. The van der Waals surface area contributed by atoms with Gasteiger partial charge in [-0.15, -0.1) is 0 Å². The number of carbonyl (C=O) groups excluding carboxylic acids is 2. The van der Waals surface area contributed by atoms with Gasteiger partial charge in [0.05, 0.1) is 11.4 Å². The molecule has 17 heavy (non-hydrogen) atoms. The highest BCUT2D eigenvalue weighted by Gasteiger charge is 2.23. The van der Waals surface area contributed by atoms with Gasteiger partial charge in [0.25, 0.3) is 0 Å². The van der Waals surface area contributed by atoms with Crippen LogP contribution < -0.4 is 0 Å². The summed E-state index contributed by atoms with van der Waals surface area (Å²) in [5, 5.41) is 0. The van der Waals surface area contributed by atoms with Crippen molar-refractivity contribution in [3.8, 4) is 0 Å². The molecule has 0 aromatic rings. The van der Waals surface area contributed by atoms with E-state index >= 15 is 0 Å². The smallest absolute Gasteiger partial charge is 0.325 e. The summed E-state index contributed by atoms with van der Waals surface area (Å²) in [6.07, 6.45) is 0.705. The van der Waals surface area contributed by atoms with E-state index < -0.39 is 0 Å². The Morgan fingerprint density at radius 1 is 1.29 bits per heavy atom. The molecule has 0 aliphatic heterocycles. The van der Waals surface area contributed by atoms with E-state index in [-0.39, 0.29) is 23.2 Å². The van der Waals surface area contributed by atoms with Crippen molar-refractivity contribution >= 4 is 27.8 Å². The Balaban J connectivity index is 4.52. The molecule has 0 N–H and O–H groups in total. The highest BCUT2D eigenvalue weighted by atomic mass is 79.9. The van der Waals surface area contributed by atoms with Crippen LogP contribution in [0.2, 0.25) is 0 Å². The zero-order valence-corrected chi connectivity index (χ0v) is 12.6. The summed E-state index contributed by atoms with van der Waals surface area (Å²) in [6.45, 7) is 8.66. The molecule has 0 aliphatic rings. The van der Waals surface area contributed by atoms with Crippen molar-refractivity contribution in [2.24, 2.45) is 5.92 Å². The fraction of sp³-hybridized carbons (Fsp3) is 0.833. The third-order valence-corrected chi connectivity index (χ3v) is 3.19. The molecular formula is C12H22BrNO3. The standard InChI is InChI=1S/C12H22BrNO3/c1-5-10(13)12(16)14(7-9(3)4)8-11(15)17-6-2/h9-10H,5-8H2,1-4H3. The quantitative estimate of drug-likeness (QED) is 0.535. The molecule has 0 fully saturated rings. The first-order valence-corrected chi connectivity index (χ1v) is 6.92. The number of ether oxygens (including phenoxy) is 1. The van der Waals surface area contributed by atoms with Gasteiger partial charge in [-0.2, -0.15) is 0 Å². The number of hydrogen-bond acceptors (Lipinski definition) is 3. The van der Waals surface area contributed by atoms with Crippen LogP contribution >= 0.6 is 15.9 Å². The molecule has 0 aromatic carbocycles. The van der Waals surface area contributed by atoms with Crippen molar-refractivity contribution in [1.29, 1.82) is 0 Å². The Morgan fingerprint density at radius 3 is 2.29 bits per heavy atom. The second-order valence-electron chi connectivity index (χ2n) is 4.29. The first kappa shape index (κ1) is 16.4. The maximum absolute atomic E-state index is 12.0. The number of esters is 1. The lowest BCUT2D eigenvalue weighted by molar-refractivity contribution is -0.149. The fourth-order valence-corrected chi connectivity index (χ4v) is 1.70. The number of amides is 1. The first-order chi connectivity index (χ1) is 7.92. The number of hydrogen-bond donors (Lipinski definition) is 0. The zero-order chi connectivity index (χ0) is 13.4. The number of carbonyl (C=O) groups is 2. The molecule has 1 atom stereocenters. The van der Waals surface area contributed by atoms with Gasteiger partial charge in [0.2, 0.25) is 5.91 Å². The van der Waals surface area contributed by atoms with Gasteiger partial charge in [-0.25, -0.2) is 0 Å². The van der Waals surface area contributed by atoms with Crippen LogP contribution in [0.5, 0.6) is 0 Å². The van der Waals surface area contributed by atoms with Gasteiger partial charge >= 0.3 is 5.97 Å². The van der Waals surface area contributed by atoms with Crippen LogP contribution in [0.4, 0.5) is 0 Å². The summed E-state index contributed by atoms with van der Waals surface area (Å²) in [5.41, 5.74) is 0. The molecule has 4 nitrogen and oxygen atoms in total. The summed E-state index contributed by atoms with van der Waals surface area (Å²) in [5.74, 6) is -0.0727. The third kappa shape index (κ3) is 6.66. The third-order valence-electron chi connectivity index (χ3n) is 2.15. The molecular weight excluding hydrogens is 286 g/mol. The summed E-state index contributed by atoms with van der Waals surface area (Å²) in [6, 6.07) is 0. The monoisotopic (exact) mass is 307 g/mol. The van der Waals surface area contributed by atoms with Gasteiger partial charge in [-0.05, 0) is 19.3 Å². The van der Waals surface area contributed by atoms with Crippen LogP contribution in [-0.2, 0) is 14.3 Å². The van der Waals surface area contributed by atoms with Crippen LogP contribution in [0.3, 0.4) is 0 Å². The van der Waals surface area contributed by atoms with E-state index in [0.717, 1.165) is 0 Å². The average Bonchev–Trinajstić information content (AvgIpc) is 2.25. The van der Waals surface area contributed by atoms with Crippen LogP contribution in [0.25, 0.3) is 0 Å². The van der Waals surface area contributed by atoms with E-state index in [1.807, 2.05) is 20.8 Å². The Labute approximate surface area is 112 Å². The summed E-state index contributed by atoms with van der Waals surface area (Å²) >= 11 is 3.32. The van der Waals surface area contributed by atoms with Crippen molar-refractivity contribution in [3.05, 3.63) is 0 Å². The summed E-state index contributed by atoms with van der Waals surface area (Å²) in [7, 11) is 0. The normalized spacial score (nSPS) is 12.4. The summed E-state index contributed by atoms with van der Waals surface area (Å²) in [4.78, 5) is 24.8. The molecule has 0 saturated heterocycles. The zero-order valence-electron chi connectivity index (χ0n) is 11.0. The number of nitrogens with zero attached hydrogens (tertiary/aromatic N) is 1. The molecule has 1 unspecified atom stereocenters. The Bertz CT molecular complexity index is 256. The average molecular weight is 308 g/mol. The SMILES string of the molecule is CCOC(=O)CN(CC(C)C)C(=O)C(Br)CC. The van der Waals surface area contributed by atoms with Crippen molar-refractivity contribution in [2.75, 3.05) is 19.7 Å². The largest absolute Gasteiger partial charge is 0.465 e. The van der Waals surface area contributed by atoms with Crippen molar-refractivity contribution in [1.82, 2.24) is 4.90 Å². The van der Waals surface area contributed by atoms with Crippen molar-refractivity contribution in [3.63, 3.8) is 0 Å². The van der Waals surface area contributed by atoms with Gasteiger partial charge in [0, 0.05) is 6.54 Å². The lowest BCUT2D eigenvalue weighted by Crippen LogP contribution is -2.42. The maximum atomic E-state index is 12.0. The number of rotatable bonds is 7. The minimum Gasteiger partial charge on any atom is -0.465 e. The van der Waals surface area contributed by atoms with E-state index in [2.05, 4.69) is 15.9 Å². The lowest BCUT2D eigenvalue weighted by Gasteiger charge is -2.25. The molecule has 100 valence electrons. The van der Waals surface area contributed by atoms with Crippen LogP contribution in [0.15, 0.2) is 0 Å². The van der Waals surface area contributed by atoms with Gasteiger partial charge in [0.1, 0.15) is 6.54 Å². The molecule has 0 bridgehead atoms. The molecule has 0 spiro atoms. The second kappa shape index (κ2) is 8.50. The van der Waals surface area contributed by atoms with E-state index in [1.165, 1.54) is 0 Å². The van der Waals surface area contributed by atoms with Crippen LogP contribution in [0, 0.1) is 5.92 Å². The lowest BCUT2D eigenvalue weighted by atomic mass is 10.2. The molecule has 0 saturated carbocycles. The first-order valence-electron chi connectivity index (χ1n) is 6.00. The van der Waals surface area contributed by atoms with Gasteiger partial charge in [-0.3, -0.25) is 9.59 Å². The predicted molar refractivity (Wildman–Crippen MR) is 71.1 cm³/mol. The predicted octanol–water partition coefficient (Wildman–Crippen LogP) is 2.21. The Kier molecular flexibility index (Phi) is 8.21. The van der Waals surface area contributed by atoms with Gasteiger partial charge in [-0.1, -0.05) is 36.7 Å². The van der Waals surface area contributed by atoms with E-state index in [1.54, 1.807) is 11.8 Å². The molecule has 0 heterocycles. The number of alkyl halides is 1. The van der Waals surface area contributed by atoms with Gasteiger partial charge in [0.15, 0.2) is 0 Å². The van der Waals surface area contributed by atoms with Crippen molar-refractivity contribution < 1.29 is 14.3 Å². The highest BCUT2D eigenvalue weighted by Crippen LogP contribution is 2.11. The van der Waals surface area contributed by atoms with Crippen LogP contribution in [-0.4, -0.2) is 41.3 Å². The minimum absolute atomic E-state index is 0.0347. The molecule has 0 aromatic heterocycles. The van der Waals surface area contributed by atoms with E-state index in [0.29, 0.717) is 25.5 Å². The highest BCUT2D eigenvalue weighted by molar-refractivity contribution is 9.10. The molecule has 0 aliphatic carbocycles. The fourth-order valence-electron chi connectivity index (χ4n) is 1.41. The molecule has 0 rings (SSSR count). The van der Waals surface area contributed by atoms with E-state index in [4.69, 9.17) is 4.74 Å². The topological polar surface area (TPSA) is 46.6 Å². The molecule has 0 radical (unpaired) electrons. The molecule has 5 heteroatoms. The Hall–Kier alpha value is -0.580.